The number of ether oxygens (including phenoxy) is 1. The fraction of sp³-hybridized carbons (Fsp3) is 0.421. The van der Waals surface area contributed by atoms with Gasteiger partial charge in [0.05, 0.1) is 0 Å². The molecule has 0 saturated carbocycles. The molecule has 0 saturated heterocycles. The summed E-state index contributed by atoms with van der Waals surface area (Å²) in [7, 11) is 0. The number of aliphatic carboxylic acids is 1. The zero-order valence-corrected chi connectivity index (χ0v) is 16.4. The van der Waals surface area contributed by atoms with Gasteiger partial charge in [0, 0.05) is 22.8 Å². The Balaban J connectivity index is 2.17. The number of benzene rings is 1. The molecule has 0 spiro atoms. The topological polar surface area (TPSA) is 106 Å². The fourth-order valence-electron chi connectivity index (χ4n) is 2.76. The first-order valence-electron chi connectivity index (χ1n) is 8.57. The quantitative estimate of drug-likeness (QED) is 0.630. The van der Waals surface area contributed by atoms with E-state index >= 15 is 0 Å². The van der Waals surface area contributed by atoms with E-state index in [1.165, 1.54) is 17.8 Å². The van der Waals surface area contributed by atoms with Crippen LogP contribution < -0.4 is 15.7 Å². The molecule has 8 heteroatoms. The summed E-state index contributed by atoms with van der Waals surface area (Å²) in [5, 5.41) is 12.4. The monoisotopic (exact) mass is 393 g/mol. The Morgan fingerprint density at radius 1 is 1.37 bits per heavy atom. The molecule has 0 aliphatic heterocycles. The maximum Gasteiger partial charge on any atom is 0.336 e. The van der Waals surface area contributed by atoms with E-state index in [0.29, 0.717) is 16.9 Å². The Morgan fingerprint density at radius 2 is 2.11 bits per heavy atom. The molecule has 146 valence electrons. The number of nitrogens with one attached hydrogen (secondary N) is 1. The molecule has 1 unspecified atom stereocenters. The zero-order valence-electron chi connectivity index (χ0n) is 15.5. The van der Waals surface area contributed by atoms with Crippen LogP contribution in [0.15, 0.2) is 27.4 Å². The number of carbonyl (C=O) groups excluding carboxylic acids is 1. The lowest BCUT2D eigenvalue weighted by Gasteiger charge is -2.15. The van der Waals surface area contributed by atoms with Gasteiger partial charge in [-0.3, -0.25) is 4.79 Å². The van der Waals surface area contributed by atoms with Gasteiger partial charge in [-0.05, 0) is 37.3 Å². The molecule has 0 fully saturated rings. The molecule has 1 aromatic heterocycles. The van der Waals surface area contributed by atoms with Crippen LogP contribution in [0.2, 0.25) is 0 Å². The first-order chi connectivity index (χ1) is 12.9. The van der Waals surface area contributed by atoms with Gasteiger partial charge in [-0.1, -0.05) is 13.3 Å². The van der Waals surface area contributed by atoms with Crippen molar-refractivity contribution in [3.63, 3.8) is 0 Å². The number of thioether (sulfide) groups is 1. The van der Waals surface area contributed by atoms with Gasteiger partial charge in [-0.25, -0.2) is 9.59 Å². The molecule has 0 radical (unpaired) electrons. The molecular formula is C19H23NO6S. The van der Waals surface area contributed by atoms with Crippen molar-refractivity contribution in [1.29, 1.82) is 0 Å². The van der Waals surface area contributed by atoms with Crippen LogP contribution >= 0.6 is 11.8 Å². The van der Waals surface area contributed by atoms with E-state index < -0.39 is 23.5 Å². The molecule has 1 amide bonds. The summed E-state index contributed by atoms with van der Waals surface area (Å²) in [6.07, 6.45) is 3.42. The molecule has 2 aromatic rings. The van der Waals surface area contributed by atoms with E-state index in [1.807, 2.05) is 6.92 Å². The van der Waals surface area contributed by atoms with E-state index in [-0.39, 0.29) is 12.4 Å². The summed E-state index contributed by atoms with van der Waals surface area (Å²) < 4.78 is 10.9. The van der Waals surface area contributed by atoms with Crippen molar-refractivity contribution in [3.05, 3.63) is 39.7 Å². The standard InChI is InChI=1S/C19H23NO6S/c1-4-5-12-8-17(22)26-18-11(2)15(7-6-13(12)18)25-9-16(21)20-14(10-27-3)19(23)24/h6-8,14H,4-5,9-10H2,1-3H3,(H,20,21)(H,23,24). The van der Waals surface area contributed by atoms with E-state index in [9.17, 15) is 14.4 Å². The Bertz CT molecular complexity index is 892. The maximum atomic E-state index is 12.0. The Hall–Kier alpha value is -2.48. The van der Waals surface area contributed by atoms with Gasteiger partial charge in [-0.15, -0.1) is 0 Å². The number of hydrogen-bond acceptors (Lipinski definition) is 6. The molecular weight excluding hydrogens is 370 g/mol. The van der Waals surface area contributed by atoms with Crippen LogP contribution in [0.25, 0.3) is 11.0 Å². The van der Waals surface area contributed by atoms with Crippen molar-refractivity contribution in [1.82, 2.24) is 5.32 Å². The Kier molecular flexibility index (Phi) is 7.29. The van der Waals surface area contributed by atoms with Crippen LogP contribution in [0.4, 0.5) is 0 Å². The van der Waals surface area contributed by atoms with E-state index in [1.54, 1.807) is 25.3 Å². The minimum atomic E-state index is -1.09. The number of carbonyl (C=O) groups is 2. The number of hydrogen-bond donors (Lipinski definition) is 2. The van der Waals surface area contributed by atoms with Gasteiger partial charge >= 0.3 is 11.6 Å². The second-order valence-corrected chi connectivity index (χ2v) is 7.02. The summed E-state index contributed by atoms with van der Waals surface area (Å²) in [5.41, 5.74) is 1.55. The lowest BCUT2D eigenvalue weighted by Crippen LogP contribution is -2.44. The van der Waals surface area contributed by atoms with Crippen LogP contribution in [0.5, 0.6) is 5.75 Å². The smallest absolute Gasteiger partial charge is 0.336 e. The average Bonchev–Trinajstić information content (AvgIpc) is 2.61. The van der Waals surface area contributed by atoms with Gasteiger partial charge in [0.15, 0.2) is 6.61 Å². The highest BCUT2D eigenvalue weighted by Crippen LogP contribution is 2.28. The highest BCUT2D eigenvalue weighted by Gasteiger charge is 2.20. The second kappa shape index (κ2) is 9.45. The SMILES string of the molecule is CCCc1cc(=O)oc2c(C)c(OCC(=O)NC(CSC)C(=O)O)ccc12. The van der Waals surface area contributed by atoms with Crippen LogP contribution in [0.3, 0.4) is 0 Å². The third kappa shape index (κ3) is 5.26. The Morgan fingerprint density at radius 3 is 2.74 bits per heavy atom. The second-order valence-electron chi connectivity index (χ2n) is 6.11. The van der Waals surface area contributed by atoms with E-state index in [2.05, 4.69) is 5.32 Å². The molecule has 0 aliphatic carbocycles. The van der Waals surface area contributed by atoms with Crippen LogP contribution in [-0.2, 0) is 16.0 Å². The lowest BCUT2D eigenvalue weighted by atomic mass is 10.0. The predicted octanol–water partition coefficient (Wildman–Crippen LogP) is 2.37. The summed E-state index contributed by atoms with van der Waals surface area (Å²) in [6.45, 7) is 3.45. The summed E-state index contributed by atoms with van der Waals surface area (Å²) in [4.78, 5) is 34.9. The number of amides is 1. The van der Waals surface area contributed by atoms with Gasteiger partial charge in [0.1, 0.15) is 17.4 Å². The highest BCUT2D eigenvalue weighted by molar-refractivity contribution is 7.98. The van der Waals surface area contributed by atoms with Crippen LogP contribution in [-0.4, -0.2) is 41.6 Å². The van der Waals surface area contributed by atoms with Gasteiger partial charge in [0.25, 0.3) is 5.91 Å². The third-order valence-corrected chi connectivity index (χ3v) is 4.71. The molecule has 0 bridgehead atoms. The zero-order chi connectivity index (χ0) is 20.0. The van der Waals surface area contributed by atoms with E-state index in [4.69, 9.17) is 14.3 Å². The lowest BCUT2D eigenvalue weighted by molar-refractivity contribution is -0.141. The molecule has 0 aliphatic rings. The molecule has 27 heavy (non-hydrogen) atoms. The van der Waals surface area contributed by atoms with Crippen molar-refractivity contribution in [3.8, 4) is 5.75 Å². The van der Waals surface area contributed by atoms with Crippen molar-refractivity contribution < 1.29 is 23.8 Å². The molecule has 2 N–H and O–H groups in total. The highest BCUT2D eigenvalue weighted by atomic mass is 32.2. The summed E-state index contributed by atoms with van der Waals surface area (Å²) >= 11 is 1.33. The van der Waals surface area contributed by atoms with Crippen molar-refractivity contribution in [2.75, 3.05) is 18.6 Å². The molecule has 1 aromatic carbocycles. The number of carboxylic acid groups (broad SMARTS) is 1. The number of aryl methyl sites for hydroxylation is 2. The van der Waals surface area contributed by atoms with Crippen LogP contribution in [0, 0.1) is 6.92 Å². The molecule has 1 atom stereocenters. The first-order valence-corrected chi connectivity index (χ1v) is 9.97. The minimum Gasteiger partial charge on any atom is -0.483 e. The van der Waals surface area contributed by atoms with Gasteiger partial charge in [-0.2, -0.15) is 11.8 Å². The molecule has 1 heterocycles. The fourth-order valence-corrected chi connectivity index (χ4v) is 3.32. The normalized spacial score (nSPS) is 12.0. The summed E-state index contributed by atoms with van der Waals surface area (Å²) in [5.74, 6) is -0.949. The largest absolute Gasteiger partial charge is 0.483 e. The van der Waals surface area contributed by atoms with Crippen molar-refractivity contribution in [2.45, 2.75) is 32.7 Å². The number of fused-ring (bicyclic) bond motifs is 1. The van der Waals surface area contributed by atoms with Crippen LogP contribution in [0.1, 0.15) is 24.5 Å². The molecule has 7 nitrogen and oxygen atoms in total. The summed E-state index contributed by atoms with van der Waals surface area (Å²) in [6, 6.07) is 4.05. The predicted molar refractivity (Wildman–Crippen MR) is 105 cm³/mol. The molecule has 2 rings (SSSR count). The van der Waals surface area contributed by atoms with Crippen molar-refractivity contribution >= 4 is 34.6 Å². The first kappa shape index (κ1) is 20.8. The average molecular weight is 393 g/mol. The minimum absolute atomic E-state index is 0.265. The number of carboxylic acids is 1. The maximum absolute atomic E-state index is 12.0. The van der Waals surface area contributed by atoms with Gasteiger partial charge in [0.2, 0.25) is 0 Å². The Labute approximate surface area is 161 Å². The van der Waals surface area contributed by atoms with Crippen molar-refractivity contribution in [2.24, 2.45) is 0 Å². The van der Waals surface area contributed by atoms with Gasteiger partial charge < -0.3 is 19.6 Å². The number of rotatable bonds is 9. The third-order valence-electron chi connectivity index (χ3n) is 4.04. The van der Waals surface area contributed by atoms with E-state index in [0.717, 1.165) is 23.8 Å².